The first-order valence-electron chi connectivity index (χ1n) is 16.0. The smallest absolute Gasteiger partial charge is 0.222 e. The van der Waals surface area contributed by atoms with E-state index in [1.54, 1.807) is 0 Å². The van der Waals surface area contributed by atoms with E-state index < -0.39 is 37.3 Å². The van der Waals surface area contributed by atoms with Crippen LogP contribution in [-0.2, 0) is 14.3 Å². The van der Waals surface area contributed by atoms with E-state index in [1.807, 2.05) is 0 Å². The van der Waals surface area contributed by atoms with Gasteiger partial charge in [-0.15, -0.1) is 0 Å². The number of hydrogen-bond donors (Lipinski definition) is 7. The Kier molecular flexibility index (Phi) is 22.3. The number of ether oxygens (including phenoxy) is 1. The van der Waals surface area contributed by atoms with Crippen molar-refractivity contribution in [3.63, 3.8) is 0 Å². The maximum atomic E-state index is 12.1. The van der Waals surface area contributed by atoms with E-state index in [9.17, 15) is 30.0 Å². The van der Waals surface area contributed by atoms with Crippen LogP contribution in [0, 0.1) is 0 Å². The van der Waals surface area contributed by atoms with Crippen LogP contribution in [0.25, 0.3) is 0 Å². The summed E-state index contributed by atoms with van der Waals surface area (Å²) >= 11 is 0. The SMILES string of the molecule is NCCNC(=O)CCCCCCCCCCCCCCCCCCCCC(=O)N[C@@H]1O[C@H](CO)[C@@H](O)[C@H](O)[C@H]1O. The molecule has 2 amide bonds. The van der Waals surface area contributed by atoms with Crippen molar-refractivity contribution in [1.29, 1.82) is 0 Å². The number of rotatable bonds is 25. The summed E-state index contributed by atoms with van der Waals surface area (Å²) in [7, 11) is 0. The Balaban J connectivity index is 1.82. The molecule has 236 valence electrons. The van der Waals surface area contributed by atoms with E-state index in [2.05, 4.69) is 10.6 Å². The van der Waals surface area contributed by atoms with E-state index in [1.165, 1.54) is 83.5 Å². The number of nitrogens with two attached hydrogens (primary N) is 1. The largest absolute Gasteiger partial charge is 0.394 e. The first-order valence-corrected chi connectivity index (χ1v) is 16.0. The van der Waals surface area contributed by atoms with Crippen molar-refractivity contribution in [3.05, 3.63) is 0 Å². The van der Waals surface area contributed by atoms with E-state index in [4.69, 9.17) is 10.5 Å². The molecule has 0 saturated carbocycles. The molecule has 0 unspecified atom stereocenters. The minimum Gasteiger partial charge on any atom is -0.394 e. The Morgan fingerprint density at radius 2 is 1.00 bits per heavy atom. The maximum absolute atomic E-state index is 12.1. The Hall–Kier alpha value is -1.30. The number of aliphatic hydroxyl groups is 4. The zero-order valence-corrected chi connectivity index (χ0v) is 24.7. The van der Waals surface area contributed by atoms with Crippen LogP contribution in [0.4, 0.5) is 0 Å². The van der Waals surface area contributed by atoms with Crippen LogP contribution in [0.3, 0.4) is 0 Å². The molecular weight excluding hydrogens is 514 g/mol. The fraction of sp³-hybridized carbons (Fsp3) is 0.933. The summed E-state index contributed by atoms with van der Waals surface area (Å²) in [5.41, 5.74) is 5.37. The van der Waals surface area contributed by atoms with Crippen molar-refractivity contribution < 1.29 is 34.8 Å². The molecule has 0 bridgehead atoms. The number of carbonyl (C=O) groups excluding carboxylic acids is 2. The van der Waals surface area contributed by atoms with E-state index in [0.29, 0.717) is 25.9 Å². The predicted octanol–water partition coefficient (Wildman–Crippen LogP) is 2.78. The predicted molar refractivity (Wildman–Crippen MR) is 156 cm³/mol. The van der Waals surface area contributed by atoms with Gasteiger partial charge >= 0.3 is 0 Å². The van der Waals surface area contributed by atoms with Crippen LogP contribution in [0.5, 0.6) is 0 Å². The molecule has 1 aliphatic heterocycles. The minimum atomic E-state index is -1.48. The second-order valence-electron chi connectivity index (χ2n) is 11.3. The molecule has 8 N–H and O–H groups in total. The average Bonchev–Trinajstić information content (AvgIpc) is 2.95. The Morgan fingerprint density at radius 3 is 1.40 bits per heavy atom. The molecule has 5 atom stereocenters. The lowest BCUT2D eigenvalue weighted by atomic mass is 9.98. The Bertz CT molecular complexity index is 638. The van der Waals surface area contributed by atoms with Crippen LogP contribution in [0.1, 0.15) is 128 Å². The lowest BCUT2D eigenvalue weighted by molar-refractivity contribution is -0.236. The van der Waals surface area contributed by atoms with E-state index in [-0.39, 0.29) is 11.8 Å². The summed E-state index contributed by atoms with van der Waals surface area (Å²) in [4.78, 5) is 23.6. The van der Waals surface area contributed by atoms with Gasteiger partial charge in [0.1, 0.15) is 24.4 Å². The first-order chi connectivity index (χ1) is 19.4. The highest BCUT2D eigenvalue weighted by Gasteiger charge is 2.43. The van der Waals surface area contributed by atoms with Gasteiger partial charge in [0, 0.05) is 25.9 Å². The first kappa shape index (κ1) is 36.7. The number of hydrogen-bond acceptors (Lipinski definition) is 8. The van der Waals surface area contributed by atoms with Crippen LogP contribution in [0.2, 0.25) is 0 Å². The van der Waals surface area contributed by atoms with Crippen LogP contribution in [0.15, 0.2) is 0 Å². The van der Waals surface area contributed by atoms with Crippen LogP contribution >= 0.6 is 0 Å². The Labute approximate surface area is 241 Å². The van der Waals surface area contributed by atoms with Gasteiger partial charge in [0.05, 0.1) is 6.61 Å². The fourth-order valence-corrected chi connectivity index (χ4v) is 5.15. The number of amides is 2. The summed E-state index contributed by atoms with van der Waals surface area (Å²) in [6.07, 6.45) is 16.1. The quantitative estimate of drug-likeness (QED) is 0.0816. The third kappa shape index (κ3) is 17.5. The molecule has 0 radical (unpaired) electrons. The third-order valence-electron chi connectivity index (χ3n) is 7.72. The molecule has 10 nitrogen and oxygen atoms in total. The van der Waals surface area contributed by atoms with Gasteiger partial charge in [0.15, 0.2) is 6.23 Å². The number of nitrogens with one attached hydrogen (secondary N) is 2. The molecule has 0 aromatic carbocycles. The summed E-state index contributed by atoms with van der Waals surface area (Å²) in [5, 5.41) is 44.2. The highest BCUT2D eigenvalue weighted by Crippen LogP contribution is 2.20. The lowest BCUT2D eigenvalue weighted by Crippen LogP contribution is -2.63. The fourth-order valence-electron chi connectivity index (χ4n) is 5.15. The standard InChI is InChI=1S/C30H59N3O7/c31-21-22-32-25(35)19-17-15-13-11-9-7-5-3-1-2-4-6-8-10-12-14-16-18-20-26(36)33-30-29(39)28(38)27(37)24(23-34)40-30/h24,27-30,34,37-39H,1-23,31H2,(H,32,35)(H,33,36)/t24-,27-,28+,29-,30-/m1/s1. The zero-order valence-electron chi connectivity index (χ0n) is 24.7. The molecule has 0 aliphatic carbocycles. The second-order valence-corrected chi connectivity index (χ2v) is 11.3. The molecule has 0 aromatic heterocycles. The minimum absolute atomic E-state index is 0.125. The molecule has 1 fully saturated rings. The van der Waals surface area contributed by atoms with Gasteiger partial charge in [-0.1, -0.05) is 103 Å². The average molecular weight is 574 g/mol. The van der Waals surface area contributed by atoms with Crippen molar-refractivity contribution in [3.8, 4) is 0 Å². The van der Waals surface area contributed by atoms with Crippen molar-refractivity contribution in [1.82, 2.24) is 10.6 Å². The molecule has 0 aromatic rings. The van der Waals surface area contributed by atoms with Gasteiger partial charge in [0.2, 0.25) is 11.8 Å². The second kappa shape index (κ2) is 24.3. The van der Waals surface area contributed by atoms with Gasteiger partial charge in [-0.25, -0.2) is 0 Å². The third-order valence-corrected chi connectivity index (χ3v) is 7.72. The zero-order chi connectivity index (χ0) is 29.4. The number of aliphatic hydroxyl groups excluding tert-OH is 4. The van der Waals surface area contributed by atoms with Gasteiger partial charge in [-0.3, -0.25) is 9.59 Å². The van der Waals surface area contributed by atoms with Crippen molar-refractivity contribution >= 4 is 11.8 Å². The number of carbonyl (C=O) groups is 2. The molecule has 1 aliphatic rings. The molecule has 1 rings (SSSR count). The van der Waals surface area contributed by atoms with Gasteiger partial charge in [-0.05, 0) is 12.8 Å². The molecule has 1 heterocycles. The lowest BCUT2D eigenvalue weighted by Gasteiger charge is -2.40. The van der Waals surface area contributed by atoms with Crippen molar-refractivity contribution in [2.24, 2.45) is 5.73 Å². The highest BCUT2D eigenvalue weighted by atomic mass is 16.6. The van der Waals surface area contributed by atoms with Crippen molar-refractivity contribution in [2.75, 3.05) is 19.7 Å². The summed E-state index contributed by atoms with van der Waals surface area (Å²) < 4.78 is 5.30. The van der Waals surface area contributed by atoms with Crippen molar-refractivity contribution in [2.45, 2.75) is 159 Å². The van der Waals surface area contributed by atoms with Crippen LogP contribution in [-0.4, -0.2) is 82.6 Å². The normalized spacial score (nSPS) is 22.8. The Morgan fingerprint density at radius 1 is 0.600 bits per heavy atom. The van der Waals surface area contributed by atoms with Gasteiger partial charge in [-0.2, -0.15) is 0 Å². The van der Waals surface area contributed by atoms with E-state index in [0.717, 1.165) is 32.1 Å². The summed E-state index contributed by atoms with van der Waals surface area (Å²) in [6, 6.07) is 0. The molecule has 10 heteroatoms. The summed E-state index contributed by atoms with van der Waals surface area (Å²) in [6.45, 7) is 0.565. The monoisotopic (exact) mass is 573 g/mol. The molecule has 0 spiro atoms. The molecule has 40 heavy (non-hydrogen) atoms. The number of unbranched alkanes of at least 4 members (excludes halogenated alkanes) is 17. The van der Waals surface area contributed by atoms with Crippen LogP contribution < -0.4 is 16.4 Å². The molecular formula is C30H59N3O7. The van der Waals surface area contributed by atoms with Gasteiger partial charge < -0.3 is 41.5 Å². The van der Waals surface area contributed by atoms with E-state index >= 15 is 0 Å². The van der Waals surface area contributed by atoms with Gasteiger partial charge in [0.25, 0.3) is 0 Å². The summed E-state index contributed by atoms with van der Waals surface area (Å²) in [5.74, 6) is -0.151. The maximum Gasteiger partial charge on any atom is 0.222 e. The molecule has 1 saturated heterocycles. The topological polar surface area (TPSA) is 174 Å². The highest BCUT2D eigenvalue weighted by molar-refractivity contribution is 5.76.